The molecule has 21 heavy (non-hydrogen) atoms. The van der Waals surface area contributed by atoms with Crippen LogP contribution in [0.25, 0.3) is 0 Å². The number of hydrogen-bond donors (Lipinski definition) is 1. The van der Waals surface area contributed by atoms with E-state index >= 15 is 0 Å². The minimum Gasteiger partial charge on any atom is -0.488 e. The van der Waals surface area contributed by atoms with Crippen LogP contribution in [0.2, 0.25) is 0 Å². The van der Waals surface area contributed by atoms with Gasteiger partial charge in [0.05, 0.1) is 0 Å². The van der Waals surface area contributed by atoms with Gasteiger partial charge >= 0.3 is 5.97 Å². The predicted octanol–water partition coefficient (Wildman–Crippen LogP) is 4.31. The van der Waals surface area contributed by atoms with Crippen LogP contribution < -0.4 is 4.74 Å². The Kier molecular flexibility index (Phi) is 4.57. The Balaban J connectivity index is 2.29. The van der Waals surface area contributed by atoms with Crippen molar-refractivity contribution in [3.63, 3.8) is 0 Å². The topological polar surface area (TPSA) is 46.5 Å². The molecular weight excluding hydrogens is 346 g/mol. The van der Waals surface area contributed by atoms with Gasteiger partial charge in [-0.05, 0) is 42.3 Å². The Hall–Kier alpha value is -1.95. The number of hydrogen-bond acceptors (Lipinski definition) is 2. The van der Waals surface area contributed by atoms with E-state index in [2.05, 4.69) is 15.9 Å². The third-order valence-electron chi connectivity index (χ3n) is 2.78. The van der Waals surface area contributed by atoms with Gasteiger partial charge in [0.15, 0.2) is 0 Å². The summed E-state index contributed by atoms with van der Waals surface area (Å²) in [5.74, 6) is -2.38. The van der Waals surface area contributed by atoms with Gasteiger partial charge in [-0.25, -0.2) is 13.6 Å². The molecule has 2 aromatic rings. The lowest BCUT2D eigenvalue weighted by Crippen LogP contribution is -2.05. The maximum absolute atomic E-state index is 13.1. The van der Waals surface area contributed by atoms with Crippen molar-refractivity contribution in [1.29, 1.82) is 0 Å². The summed E-state index contributed by atoms with van der Waals surface area (Å²) in [5.41, 5.74) is 0.878. The van der Waals surface area contributed by atoms with E-state index < -0.39 is 17.6 Å². The van der Waals surface area contributed by atoms with Gasteiger partial charge in [0, 0.05) is 10.5 Å². The highest BCUT2D eigenvalue weighted by molar-refractivity contribution is 9.10. The van der Waals surface area contributed by atoms with Crippen molar-refractivity contribution in [2.75, 3.05) is 0 Å². The Morgan fingerprint density at radius 2 is 1.81 bits per heavy atom. The van der Waals surface area contributed by atoms with E-state index in [9.17, 15) is 18.7 Å². The standard InChI is InChI=1S/C15H11BrF2O3/c1-8-2-10(16)5-13(15(19)20)14(8)21-7-9-3-11(17)6-12(18)4-9/h2-6H,7H2,1H3,(H,19,20). The van der Waals surface area contributed by atoms with Gasteiger partial charge in [-0.2, -0.15) is 0 Å². The van der Waals surface area contributed by atoms with E-state index in [1.165, 1.54) is 6.07 Å². The summed E-state index contributed by atoms with van der Waals surface area (Å²) < 4.78 is 32.3. The number of aryl methyl sites for hydroxylation is 1. The van der Waals surface area contributed by atoms with Crippen molar-refractivity contribution >= 4 is 21.9 Å². The van der Waals surface area contributed by atoms with E-state index in [0.717, 1.165) is 18.2 Å². The van der Waals surface area contributed by atoms with Gasteiger partial charge in [0.2, 0.25) is 0 Å². The molecule has 0 heterocycles. The number of aromatic carboxylic acids is 1. The minimum atomic E-state index is -1.14. The number of halogens is 3. The SMILES string of the molecule is Cc1cc(Br)cc(C(=O)O)c1OCc1cc(F)cc(F)c1. The summed E-state index contributed by atoms with van der Waals surface area (Å²) in [6.07, 6.45) is 0. The van der Waals surface area contributed by atoms with Crippen LogP contribution in [0.3, 0.4) is 0 Å². The maximum atomic E-state index is 13.1. The molecule has 0 aliphatic heterocycles. The summed E-state index contributed by atoms with van der Waals surface area (Å²) in [6.45, 7) is 1.57. The highest BCUT2D eigenvalue weighted by Gasteiger charge is 2.15. The van der Waals surface area contributed by atoms with E-state index in [1.807, 2.05) is 0 Å². The van der Waals surface area contributed by atoms with E-state index in [1.54, 1.807) is 13.0 Å². The quantitative estimate of drug-likeness (QED) is 0.887. The van der Waals surface area contributed by atoms with E-state index in [-0.39, 0.29) is 23.5 Å². The van der Waals surface area contributed by atoms with Crippen LogP contribution in [0.1, 0.15) is 21.5 Å². The summed E-state index contributed by atoms with van der Waals surface area (Å²) in [5, 5.41) is 9.18. The van der Waals surface area contributed by atoms with E-state index in [4.69, 9.17) is 4.74 Å². The molecule has 0 spiro atoms. The van der Waals surface area contributed by atoms with Crippen molar-refractivity contribution in [2.24, 2.45) is 0 Å². The molecule has 0 aromatic heterocycles. The van der Waals surface area contributed by atoms with Gasteiger partial charge in [-0.3, -0.25) is 0 Å². The first-order chi connectivity index (χ1) is 9.86. The fourth-order valence-corrected chi connectivity index (χ4v) is 2.50. The Morgan fingerprint density at radius 1 is 1.19 bits per heavy atom. The molecule has 0 saturated heterocycles. The molecule has 2 aromatic carbocycles. The smallest absolute Gasteiger partial charge is 0.339 e. The molecule has 0 radical (unpaired) electrons. The van der Waals surface area contributed by atoms with Crippen LogP contribution in [0.4, 0.5) is 8.78 Å². The normalized spacial score (nSPS) is 10.5. The molecule has 0 saturated carbocycles. The zero-order valence-electron chi connectivity index (χ0n) is 11.0. The Labute approximate surface area is 128 Å². The number of carboxylic acid groups (broad SMARTS) is 1. The van der Waals surface area contributed by atoms with Crippen LogP contribution >= 0.6 is 15.9 Å². The van der Waals surface area contributed by atoms with Gasteiger partial charge in [-0.1, -0.05) is 15.9 Å². The molecule has 0 aliphatic rings. The molecule has 6 heteroatoms. The highest BCUT2D eigenvalue weighted by atomic mass is 79.9. The molecule has 0 amide bonds. The van der Waals surface area contributed by atoms with Crippen molar-refractivity contribution in [2.45, 2.75) is 13.5 Å². The molecule has 2 rings (SSSR count). The lowest BCUT2D eigenvalue weighted by Gasteiger charge is -2.13. The largest absolute Gasteiger partial charge is 0.488 e. The monoisotopic (exact) mass is 356 g/mol. The molecule has 0 fully saturated rings. The second kappa shape index (κ2) is 6.22. The first-order valence-corrected chi connectivity index (χ1v) is 6.77. The molecule has 110 valence electrons. The van der Waals surface area contributed by atoms with Crippen molar-refractivity contribution < 1.29 is 23.4 Å². The maximum Gasteiger partial charge on any atom is 0.339 e. The number of ether oxygens (including phenoxy) is 1. The summed E-state index contributed by atoms with van der Waals surface area (Å²) in [4.78, 5) is 11.2. The summed E-state index contributed by atoms with van der Waals surface area (Å²) in [7, 11) is 0. The number of rotatable bonds is 4. The van der Waals surface area contributed by atoms with Crippen molar-refractivity contribution in [3.05, 3.63) is 63.1 Å². The molecular formula is C15H11BrF2O3. The van der Waals surface area contributed by atoms with Crippen molar-refractivity contribution in [3.8, 4) is 5.75 Å². The second-order valence-corrected chi connectivity index (χ2v) is 5.39. The first-order valence-electron chi connectivity index (χ1n) is 5.98. The summed E-state index contributed by atoms with van der Waals surface area (Å²) in [6, 6.07) is 6.15. The molecule has 0 aliphatic carbocycles. The average molecular weight is 357 g/mol. The Bertz CT molecular complexity index is 681. The fourth-order valence-electron chi connectivity index (χ4n) is 1.93. The zero-order valence-corrected chi connectivity index (χ0v) is 12.6. The molecule has 0 bridgehead atoms. The lowest BCUT2D eigenvalue weighted by atomic mass is 10.1. The molecule has 3 nitrogen and oxygen atoms in total. The van der Waals surface area contributed by atoms with Gasteiger partial charge in [0.1, 0.15) is 29.6 Å². The average Bonchev–Trinajstić information content (AvgIpc) is 2.35. The lowest BCUT2D eigenvalue weighted by molar-refractivity contribution is 0.0691. The second-order valence-electron chi connectivity index (χ2n) is 4.47. The molecule has 0 unspecified atom stereocenters. The van der Waals surface area contributed by atoms with E-state index in [0.29, 0.717) is 10.0 Å². The van der Waals surface area contributed by atoms with Crippen molar-refractivity contribution in [1.82, 2.24) is 0 Å². The fraction of sp³-hybridized carbons (Fsp3) is 0.133. The zero-order chi connectivity index (χ0) is 15.6. The third-order valence-corrected chi connectivity index (χ3v) is 3.23. The number of carboxylic acids is 1. The van der Waals surface area contributed by atoms with Gasteiger partial charge in [-0.15, -0.1) is 0 Å². The van der Waals surface area contributed by atoms with Crippen LogP contribution in [0.5, 0.6) is 5.75 Å². The predicted molar refractivity (Wildman–Crippen MR) is 76.5 cm³/mol. The van der Waals surface area contributed by atoms with Crippen LogP contribution in [0.15, 0.2) is 34.8 Å². The number of carbonyl (C=O) groups is 1. The van der Waals surface area contributed by atoms with Gasteiger partial charge < -0.3 is 9.84 Å². The third kappa shape index (κ3) is 3.78. The molecule has 0 atom stereocenters. The Morgan fingerprint density at radius 3 is 2.38 bits per heavy atom. The highest BCUT2D eigenvalue weighted by Crippen LogP contribution is 2.29. The summed E-state index contributed by atoms with van der Waals surface area (Å²) >= 11 is 3.21. The first kappa shape index (κ1) is 15.4. The number of benzene rings is 2. The van der Waals surface area contributed by atoms with Gasteiger partial charge in [0.25, 0.3) is 0 Å². The van der Waals surface area contributed by atoms with Crippen LogP contribution in [-0.2, 0) is 6.61 Å². The van der Waals surface area contributed by atoms with Crippen LogP contribution in [-0.4, -0.2) is 11.1 Å². The minimum absolute atomic E-state index is 0.0150. The molecule has 1 N–H and O–H groups in total. The van der Waals surface area contributed by atoms with Crippen LogP contribution in [0, 0.1) is 18.6 Å².